The largest absolute Gasteiger partial charge is 0.479 e. The number of carboxylic acid groups (broad SMARTS) is 1. The molecule has 100 valence electrons. The molecule has 1 unspecified atom stereocenters. The van der Waals surface area contributed by atoms with Crippen LogP contribution in [0.4, 0.5) is 0 Å². The van der Waals surface area contributed by atoms with E-state index >= 15 is 0 Å². The predicted octanol–water partition coefficient (Wildman–Crippen LogP) is -3.34. The lowest BCUT2D eigenvalue weighted by molar-refractivity contribution is -0.216. The van der Waals surface area contributed by atoms with Crippen molar-refractivity contribution in [3.05, 3.63) is 0 Å². The second kappa shape index (κ2) is 5.71. The zero-order valence-corrected chi connectivity index (χ0v) is 8.88. The van der Waals surface area contributed by atoms with E-state index in [-0.39, 0.29) is 6.42 Å². The Labute approximate surface area is 96.7 Å². The summed E-state index contributed by atoms with van der Waals surface area (Å²) in [5.41, 5.74) is 0. The van der Waals surface area contributed by atoms with Crippen molar-refractivity contribution in [2.24, 2.45) is 0 Å². The van der Waals surface area contributed by atoms with Gasteiger partial charge in [0.05, 0.1) is 18.8 Å². The van der Waals surface area contributed by atoms with Crippen LogP contribution in [0.5, 0.6) is 0 Å². The Balaban J connectivity index is 2.73. The highest BCUT2D eigenvalue weighted by Gasteiger charge is 2.44. The van der Waals surface area contributed by atoms with Crippen molar-refractivity contribution in [1.82, 2.24) is 0 Å². The summed E-state index contributed by atoms with van der Waals surface area (Å²) in [6.45, 7) is -0.725. The molecular weight excluding hydrogens is 236 g/mol. The van der Waals surface area contributed by atoms with Gasteiger partial charge in [-0.3, -0.25) is 0 Å². The van der Waals surface area contributed by atoms with Crippen LogP contribution in [-0.4, -0.2) is 79.8 Å². The van der Waals surface area contributed by atoms with Crippen LogP contribution in [0, 0.1) is 0 Å². The number of aliphatic hydroxyl groups excluding tert-OH is 5. The maximum atomic E-state index is 10.7. The van der Waals surface area contributed by atoms with Gasteiger partial charge in [0.2, 0.25) is 0 Å². The van der Waals surface area contributed by atoms with E-state index in [0.717, 1.165) is 0 Å². The first-order valence-corrected chi connectivity index (χ1v) is 5.09. The molecule has 0 aromatic rings. The molecule has 17 heavy (non-hydrogen) atoms. The SMILES string of the molecule is O=C(O)C1O[C@@H]([C@H](O)[C@@H](O)CO)C[C@H](O)[C@H]1O. The second-order valence-corrected chi connectivity index (χ2v) is 3.97. The van der Waals surface area contributed by atoms with Gasteiger partial charge in [-0.1, -0.05) is 0 Å². The molecule has 0 aromatic carbocycles. The fourth-order valence-corrected chi connectivity index (χ4v) is 1.68. The molecule has 1 fully saturated rings. The molecule has 0 bridgehead atoms. The summed E-state index contributed by atoms with van der Waals surface area (Å²) in [7, 11) is 0. The molecule has 1 aliphatic heterocycles. The Bertz CT molecular complexity index is 270. The Morgan fingerprint density at radius 1 is 1.35 bits per heavy atom. The number of hydrogen-bond donors (Lipinski definition) is 6. The Hall–Kier alpha value is -0.770. The number of ether oxygens (including phenoxy) is 1. The summed E-state index contributed by atoms with van der Waals surface area (Å²) < 4.78 is 4.88. The molecule has 8 nitrogen and oxygen atoms in total. The van der Waals surface area contributed by atoms with Crippen LogP contribution in [0.3, 0.4) is 0 Å². The van der Waals surface area contributed by atoms with E-state index < -0.39 is 49.2 Å². The first kappa shape index (κ1) is 14.3. The molecule has 0 spiro atoms. The molecule has 1 saturated heterocycles. The molecule has 0 amide bonds. The van der Waals surface area contributed by atoms with E-state index in [0.29, 0.717) is 0 Å². The third-order valence-electron chi connectivity index (χ3n) is 2.71. The van der Waals surface area contributed by atoms with Crippen LogP contribution in [-0.2, 0) is 9.53 Å². The first-order chi connectivity index (χ1) is 7.88. The minimum Gasteiger partial charge on any atom is -0.479 e. The molecule has 0 saturated carbocycles. The third-order valence-corrected chi connectivity index (χ3v) is 2.71. The van der Waals surface area contributed by atoms with E-state index in [1.165, 1.54) is 0 Å². The van der Waals surface area contributed by atoms with Gasteiger partial charge in [0.25, 0.3) is 0 Å². The van der Waals surface area contributed by atoms with E-state index in [1.807, 2.05) is 0 Å². The lowest BCUT2D eigenvalue weighted by atomic mass is 9.93. The molecule has 0 aromatic heterocycles. The summed E-state index contributed by atoms with van der Waals surface area (Å²) in [5.74, 6) is -1.48. The molecule has 8 heteroatoms. The van der Waals surface area contributed by atoms with Gasteiger partial charge in [-0.05, 0) is 0 Å². The number of rotatable bonds is 4. The number of aliphatic carboxylic acids is 1. The number of carboxylic acids is 1. The Morgan fingerprint density at radius 2 is 1.94 bits per heavy atom. The van der Waals surface area contributed by atoms with Crippen LogP contribution in [0.2, 0.25) is 0 Å². The van der Waals surface area contributed by atoms with Crippen LogP contribution < -0.4 is 0 Å². The van der Waals surface area contributed by atoms with Gasteiger partial charge in [-0.25, -0.2) is 4.79 Å². The Kier molecular flexibility index (Phi) is 4.80. The average Bonchev–Trinajstić information content (AvgIpc) is 2.30. The van der Waals surface area contributed by atoms with Crippen molar-refractivity contribution in [1.29, 1.82) is 0 Å². The van der Waals surface area contributed by atoms with E-state index in [2.05, 4.69) is 0 Å². The minimum atomic E-state index is -1.68. The maximum Gasteiger partial charge on any atom is 0.335 e. The summed E-state index contributed by atoms with van der Waals surface area (Å²) in [5, 5.41) is 54.9. The number of hydrogen-bond acceptors (Lipinski definition) is 7. The van der Waals surface area contributed by atoms with Gasteiger partial charge in [0, 0.05) is 6.42 Å². The van der Waals surface area contributed by atoms with E-state index in [9.17, 15) is 25.2 Å². The summed E-state index contributed by atoms with van der Waals surface area (Å²) in [4.78, 5) is 10.7. The number of carbonyl (C=O) groups is 1. The summed E-state index contributed by atoms with van der Waals surface area (Å²) >= 11 is 0. The molecule has 1 heterocycles. The minimum absolute atomic E-state index is 0.233. The third kappa shape index (κ3) is 3.12. The van der Waals surface area contributed by atoms with Crippen LogP contribution in [0.25, 0.3) is 0 Å². The quantitative estimate of drug-likeness (QED) is 0.304. The molecule has 0 radical (unpaired) electrons. The van der Waals surface area contributed by atoms with Crippen LogP contribution >= 0.6 is 0 Å². The summed E-state index contributed by atoms with van der Waals surface area (Å²) in [6, 6.07) is 0. The van der Waals surface area contributed by atoms with Crippen molar-refractivity contribution in [2.45, 2.75) is 43.0 Å². The lowest BCUT2D eigenvalue weighted by Crippen LogP contribution is -2.56. The smallest absolute Gasteiger partial charge is 0.335 e. The van der Waals surface area contributed by atoms with E-state index in [4.69, 9.17) is 14.9 Å². The van der Waals surface area contributed by atoms with Crippen LogP contribution in [0.1, 0.15) is 6.42 Å². The standard InChI is InChI=1S/C9H16O8/c10-2-4(12)6(13)5-1-3(11)7(14)8(17-5)9(15)16/h3-8,10-14H,1-2H2,(H,15,16)/t3-,4-,5+,6+,7+,8?/m0/s1. The van der Waals surface area contributed by atoms with Gasteiger partial charge in [0.15, 0.2) is 6.10 Å². The van der Waals surface area contributed by atoms with Crippen molar-refractivity contribution < 1.29 is 40.2 Å². The fourth-order valence-electron chi connectivity index (χ4n) is 1.68. The second-order valence-electron chi connectivity index (χ2n) is 3.97. The van der Waals surface area contributed by atoms with Gasteiger partial charge in [-0.15, -0.1) is 0 Å². The van der Waals surface area contributed by atoms with Gasteiger partial charge in [-0.2, -0.15) is 0 Å². The van der Waals surface area contributed by atoms with Crippen molar-refractivity contribution in [3.63, 3.8) is 0 Å². The van der Waals surface area contributed by atoms with Crippen molar-refractivity contribution in [3.8, 4) is 0 Å². The molecule has 6 atom stereocenters. The average molecular weight is 252 g/mol. The zero-order chi connectivity index (χ0) is 13.2. The zero-order valence-electron chi connectivity index (χ0n) is 8.88. The first-order valence-electron chi connectivity index (χ1n) is 5.09. The van der Waals surface area contributed by atoms with Crippen molar-refractivity contribution >= 4 is 5.97 Å². The van der Waals surface area contributed by atoms with E-state index in [1.54, 1.807) is 0 Å². The summed E-state index contributed by atoms with van der Waals surface area (Å²) in [6.07, 6.45) is -9.09. The molecule has 0 aliphatic carbocycles. The van der Waals surface area contributed by atoms with Gasteiger partial charge in [0.1, 0.15) is 18.3 Å². The Morgan fingerprint density at radius 3 is 2.41 bits per heavy atom. The molecule has 1 aliphatic rings. The highest BCUT2D eigenvalue weighted by Crippen LogP contribution is 2.24. The fraction of sp³-hybridized carbons (Fsp3) is 0.889. The normalized spacial score (nSPS) is 37.5. The van der Waals surface area contributed by atoms with Crippen LogP contribution in [0.15, 0.2) is 0 Å². The highest BCUT2D eigenvalue weighted by atomic mass is 16.6. The molecule has 1 rings (SSSR count). The van der Waals surface area contributed by atoms with Crippen molar-refractivity contribution in [2.75, 3.05) is 6.61 Å². The monoisotopic (exact) mass is 252 g/mol. The molecular formula is C9H16O8. The highest BCUT2D eigenvalue weighted by molar-refractivity contribution is 5.73. The lowest BCUT2D eigenvalue weighted by Gasteiger charge is -2.37. The topological polar surface area (TPSA) is 148 Å². The maximum absolute atomic E-state index is 10.7. The number of aliphatic hydroxyl groups is 5. The molecule has 6 N–H and O–H groups in total. The van der Waals surface area contributed by atoms with Gasteiger partial charge >= 0.3 is 5.97 Å². The van der Waals surface area contributed by atoms with Gasteiger partial charge < -0.3 is 35.4 Å². The predicted molar refractivity (Wildman–Crippen MR) is 52.0 cm³/mol.